The van der Waals surface area contributed by atoms with E-state index in [0.717, 1.165) is 25.1 Å². The zero-order valence-corrected chi connectivity index (χ0v) is 12.9. The van der Waals surface area contributed by atoms with Crippen LogP contribution in [0.4, 0.5) is 5.82 Å². The Bertz CT molecular complexity index is 445. The van der Waals surface area contributed by atoms with E-state index < -0.39 is 0 Å². The van der Waals surface area contributed by atoms with E-state index in [1.165, 1.54) is 0 Å². The van der Waals surface area contributed by atoms with Crippen LogP contribution in [0.2, 0.25) is 0 Å². The Balaban J connectivity index is 3.03. The van der Waals surface area contributed by atoms with E-state index in [1.54, 1.807) is 6.07 Å². The molecular weight excluding hydrogens is 252 g/mol. The second kappa shape index (κ2) is 7.85. The van der Waals surface area contributed by atoms with Crippen LogP contribution in [0.25, 0.3) is 0 Å². The first-order valence-electron chi connectivity index (χ1n) is 7.31. The summed E-state index contributed by atoms with van der Waals surface area (Å²) in [5.41, 5.74) is 4.05. The minimum Gasteiger partial charge on any atom is -0.339 e. The average molecular weight is 278 g/mol. The summed E-state index contributed by atoms with van der Waals surface area (Å²) in [6, 6.07) is 3.57. The van der Waals surface area contributed by atoms with Gasteiger partial charge in [0.15, 0.2) is 0 Å². The molecule has 0 unspecified atom stereocenters. The van der Waals surface area contributed by atoms with Gasteiger partial charge in [-0.3, -0.25) is 4.79 Å². The third-order valence-electron chi connectivity index (χ3n) is 3.28. The SMILES string of the molecule is CCCCN(CC)C(=O)c1cc(NN)nc(C(C)C)c1. The van der Waals surface area contributed by atoms with Crippen molar-refractivity contribution in [1.29, 1.82) is 0 Å². The number of anilines is 1. The number of nitrogen functional groups attached to an aromatic ring is 1. The maximum Gasteiger partial charge on any atom is 0.254 e. The second-order valence-corrected chi connectivity index (χ2v) is 5.20. The summed E-state index contributed by atoms with van der Waals surface area (Å²) in [7, 11) is 0. The fourth-order valence-electron chi connectivity index (χ4n) is 1.98. The highest BCUT2D eigenvalue weighted by atomic mass is 16.2. The Morgan fingerprint density at radius 3 is 2.60 bits per heavy atom. The van der Waals surface area contributed by atoms with Crippen LogP contribution in [0.1, 0.15) is 62.5 Å². The molecule has 0 atom stereocenters. The predicted molar refractivity (Wildman–Crippen MR) is 82.6 cm³/mol. The van der Waals surface area contributed by atoms with E-state index in [1.807, 2.05) is 31.7 Å². The largest absolute Gasteiger partial charge is 0.339 e. The first-order chi connectivity index (χ1) is 9.53. The Labute approximate surface area is 121 Å². The molecule has 0 aromatic carbocycles. The zero-order chi connectivity index (χ0) is 15.1. The lowest BCUT2D eigenvalue weighted by atomic mass is 10.1. The molecule has 5 heteroatoms. The Kier molecular flexibility index (Phi) is 6.45. The maximum absolute atomic E-state index is 12.6. The van der Waals surface area contributed by atoms with Gasteiger partial charge in [0, 0.05) is 24.3 Å². The zero-order valence-electron chi connectivity index (χ0n) is 12.9. The van der Waals surface area contributed by atoms with Gasteiger partial charge in [-0.1, -0.05) is 27.2 Å². The van der Waals surface area contributed by atoms with Crippen LogP contribution in [0.15, 0.2) is 12.1 Å². The molecule has 1 heterocycles. The van der Waals surface area contributed by atoms with Crippen LogP contribution in [0.3, 0.4) is 0 Å². The molecular formula is C15H26N4O. The van der Waals surface area contributed by atoms with Crippen molar-refractivity contribution < 1.29 is 4.79 Å². The van der Waals surface area contributed by atoms with Gasteiger partial charge in [0.25, 0.3) is 5.91 Å². The van der Waals surface area contributed by atoms with Crippen molar-refractivity contribution in [3.8, 4) is 0 Å². The molecule has 1 rings (SSSR count). The predicted octanol–water partition coefficient (Wildman–Crippen LogP) is 2.75. The Morgan fingerprint density at radius 1 is 1.40 bits per heavy atom. The molecule has 0 aliphatic heterocycles. The number of carbonyl (C=O) groups excluding carboxylic acids is 1. The third kappa shape index (κ3) is 4.20. The third-order valence-corrected chi connectivity index (χ3v) is 3.28. The van der Waals surface area contributed by atoms with E-state index in [0.29, 0.717) is 17.9 Å². The number of nitrogens with one attached hydrogen (secondary N) is 1. The van der Waals surface area contributed by atoms with Gasteiger partial charge in [-0.05, 0) is 31.4 Å². The van der Waals surface area contributed by atoms with E-state index in [9.17, 15) is 4.79 Å². The highest BCUT2D eigenvalue weighted by molar-refractivity contribution is 5.95. The molecule has 0 aliphatic carbocycles. The first-order valence-corrected chi connectivity index (χ1v) is 7.31. The lowest BCUT2D eigenvalue weighted by Gasteiger charge is -2.21. The van der Waals surface area contributed by atoms with Gasteiger partial charge in [0.1, 0.15) is 5.82 Å². The van der Waals surface area contributed by atoms with E-state index in [2.05, 4.69) is 17.3 Å². The van der Waals surface area contributed by atoms with Crippen LogP contribution in [-0.4, -0.2) is 28.9 Å². The standard InChI is InChI=1S/C15H26N4O/c1-5-7-8-19(6-2)15(20)12-9-13(11(3)4)17-14(10-12)18-16/h9-11H,5-8,16H2,1-4H3,(H,17,18). The Hall–Kier alpha value is -1.62. The minimum atomic E-state index is 0.0433. The number of pyridine rings is 1. The quantitative estimate of drug-likeness (QED) is 0.594. The summed E-state index contributed by atoms with van der Waals surface area (Å²) in [5.74, 6) is 6.27. The molecule has 0 saturated carbocycles. The van der Waals surface area contributed by atoms with Crippen LogP contribution in [0, 0.1) is 0 Å². The smallest absolute Gasteiger partial charge is 0.254 e. The van der Waals surface area contributed by atoms with Gasteiger partial charge in [0.05, 0.1) is 0 Å². The summed E-state index contributed by atoms with van der Waals surface area (Å²) in [5, 5.41) is 0. The van der Waals surface area contributed by atoms with Crippen molar-refractivity contribution in [2.45, 2.75) is 46.5 Å². The number of hydrazine groups is 1. The molecule has 1 aromatic heterocycles. The summed E-state index contributed by atoms with van der Waals surface area (Å²) in [6.45, 7) is 9.72. The number of amides is 1. The van der Waals surface area contributed by atoms with Gasteiger partial charge in [-0.15, -0.1) is 0 Å². The minimum absolute atomic E-state index is 0.0433. The summed E-state index contributed by atoms with van der Waals surface area (Å²) in [4.78, 5) is 18.8. The average Bonchev–Trinajstić information content (AvgIpc) is 2.47. The Morgan fingerprint density at radius 2 is 2.10 bits per heavy atom. The molecule has 0 spiro atoms. The van der Waals surface area contributed by atoms with Crippen LogP contribution in [-0.2, 0) is 0 Å². The molecule has 3 N–H and O–H groups in total. The summed E-state index contributed by atoms with van der Waals surface area (Å²) in [6.07, 6.45) is 2.09. The number of carbonyl (C=O) groups is 1. The topological polar surface area (TPSA) is 71.2 Å². The number of nitrogens with two attached hydrogens (primary N) is 1. The number of unbranched alkanes of at least 4 members (excludes halogenated alkanes) is 1. The molecule has 5 nitrogen and oxygen atoms in total. The van der Waals surface area contributed by atoms with E-state index in [-0.39, 0.29) is 11.8 Å². The number of rotatable bonds is 7. The van der Waals surface area contributed by atoms with Gasteiger partial charge in [-0.25, -0.2) is 10.8 Å². The maximum atomic E-state index is 12.6. The lowest BCUT2D eigenvalue weighted by Crippen LogP contribution is -2.32. The highest BCUT2D eigenvalue weighted by Crippen LogP contribution is 2.18. The highest BCUT2D eigenvalue weighted by Gasteiger charge is 2.16. The van der Waals surface area contributed by atoms with Gasteiger partial charge in [-0.2, -0.15) is 0 Å². The van der Waals surface area contributed by atoms with Crippen molar-refractivity contribution in [1.82, 2.24) is 9.88 Å². The molecule has 1 amide bonds. The number of hydrogen-bond acceptors (Lipinski definition) is 4. The molecule has 0 fully saturated rings. The van der Waals surface area contributed by atoms with Crippen molar-refractivity contribution >= 4 is 11.7 Å². The molecule has 0 saturated heterocycles. The van der Waals surface area contributed by atoms with Gasteiger partial charge >= 0.3 is 0 Å². The molecule has 20 heavy (non-hydrogen) atoms. The molecule has 0 aliphatic rings. The van der Waals surface area contributed by atoms with E-state index >= 15 is 0 Å². The fourth-order valence-corrected chi connectivity index (χ4v) is 1.98. The molecule has 0 bridgehead atoms. The van der Waals surface area contributed by atoms with Crippen LogP contribution < -0.4 is 11.3 Å². The molecule has 112 valence electrons. The summed E-state index contributed by atoms with van der Waals surface area (Å²) < 4.78 is 0. The second-order valence-electron chi connectivity index (χ2n) is 5.20. The van der Waals surface area contributed by atoms with Crippen LogP contribution in [0.5, 0.6) is 0 Å². The van der Waals surface area contributed by atoms with Gasteiger partial charge in [0.2, 0.25) is 0 Å². The summed E-state index contributed by atoms with van der Waals surface area (Å²) >= 11 is 0. The van der Waals surface area contributed by atoms with Crippen LogP contribution >= 0.6 is 0 Å². The molecule has 0 radical (unpaired) electrons. The number of hydrogen-bond donors (Lipinski definition) is 2. The monoisotopic (exact) mass is 278 g/mol. The van der Waals surface area contributed by atoms with Crippen molar-refractivity contribution in [2.75, 3.05) is 18.5 Å². The fraction of sp³-hybridized carbons (Fsp3) is 0.600. The number of nitrogens with zero attached hydrogens (tertiary/aromatic N) is 2. The van der Waals surface area contributed by atoms with E-state index in [4.69, 9.17) is 5.84 Å². The lowest BCUT2D eigenvalue weighted by molar-refractivity contribution is 0.0762. The normalized spacial score (nSPS) is 10.7. The van der Waals surface area contributed by atoms with Crippen molar-refractivity contribution in [2.24, 2.45) is 5.84 Å². The van der Waals surface area contributed by atoms with Crippen molar-refractivity contribution in [3.63, 3.8) is 0 Å². The van der Waals surface area contributed by atoms with Gasteiger partial charge < -0.3 is 10.3 Å². The molecule has 1 aromatic rings. The number of aromatic nitrogens is 1. The van der Waals surface area contributed by atoms with Crippen molar-refractivity contribution in [3.05, 3.63) is 23.4 Å². The first kappa shape index (κ1) is 16.4.